The summed E-state index contributed by atoms with van der Waals surface area (Å²) < 4.78 is 44.1. The van der Waals surface area contributed by atoms with E-state index in [1.807, 2.05) is 6.92 Å². The fraction of sp³-hybridized carbons (Fsp3) is 0.250. The van der Waals surface area contributed by atoms with E-state index in [-0.39, 0.29) is 12.1 Å². The molecule has 0 saturated carbocycles. The molecule has 0 aliphatic rings. The molecule has 2 aromatic carbocycles. The van der Waals surface area contributed by atoms with Crippen LogP contribution in [0.25, 0.3) is 0 Å². The van der Waals surface area contributed by atoms with E-state index in [0.29, 0.717) is 17.9 Å². The monoisotopic (exact) mass is 407 g/mol. The maximum absolute atomic E-state index is 12.9. The third-order valence-electron chi connectivity index (χ3n) is 3.66. The van der Waals surface area contributed by atoms with Gasteiger partial charge in [-0.3, -0.25) is 9.59 Å². The molecule has 0 saturated heterocycles. The van der Waals surface area contributed by atoms with Crippen LogP contribution in [0, 0.1) is 0 Å². The van der Waals surface area contributed by atoms with Gasteiger partial charge in [0.2, 0.25) is 0 Å². The summed E-state index contributed by atoms with van der Waals surface area (Å²) in [5.74, 6) is -0.523. The van der Waals surface area contributed by atoms with E-state index in [2.05, 4.69) is 15.8 Å². The highest BCUT2D eigenvalue weighted by atomic mass is 19.4. The second-order valence-corrected chi connectivity index (χ2v) is 5.93. The van der Waals surface area contributed by atoms with Gasteiger partial charge < -0.3 is 10.1 Å². The lowest BCUT2D eigenvalue weighted by molar-refractivity contribution is -0.137. The fourth-order valence-corrected chi connectivity index (χ4v) is 2.27. The van der Waals surface area contributed by atoms with E-state index < -0.39 is 23.6 Å². The van der Waals surface area contributed by atoms with E-state index >= 15 is 0 Å². The van der Waals surface area contributed by atoms with Crippen LogP contribution in [-0.4, -0.2) is 31.2 Å². The number of amides is 2. The molecule has 0 radical (unpaired) electrons. The van der Waals surface area contributed by atoms with Crippen molar-refractivity contribution in [2.75, 3.05) is 13.2 Å². The zero-order chi connectivity index (χ0) is 21.3. The van der Waals surface area contributed by atoms with E-state index in [9.17, 15) is 22.8 Å². The molecule has 154 valence electrons. The summed E-state index contributed by atoms with van der Waals surface area (Å²) in [6, 6.07) is 11.2. The first-order chi connectivity index (χ1) is 13.8. The second kappa shape index (κ2) is 10.3. The topological polar surface area (TPSA) is 79.8 Å². The summed E-state index contributed by atoms with van der Waals surface area (Å²) >= 11 is 0. The number of carbonyl (C=O) groups is 2. The number of hydrogen-bond acceptors (Lipinski definition) is 4. The molecule has 29 heavy (non-hydrogen) atoms. The molecule has 2 aromatic rings. The fourth-order valence-electron chi connectivity index (χ4n) is 2.27. The summed E-state index contributed by atoms with van der Waals surface area (Å²) in [5, 5.41) is 5.91. The number of alkyl halides is 3. The van der Waals surface area contributed by atoms with E-state index in [1.165, 1.54) is 18.2 Å². The van der Waals surface area contributed by atoms with Crippen molar-refractivity contribution in [2.24, 2.45) is 5.10 Å². The highest BCUT2D eigenvalue weighted by molar-refractivity contribution is 5.96. The molecular weight excluding hydrogens is 387 g/mol. The normalized spacial score (nSPS) is 11.3. The number of halogens is 3. The molecule has 0 aliphatic carbocycles. The van der Waals surface area contributed by atoms with E-state index in [0.717, 1.165) is 18.7 Å². The van der Waals surface area contributed by atoms with Crippen molar-refractivity contribution in [3.8, 4) is 5.75 Å². The first kappa shape index (κ1) is 21.9. The molecular formula is C20H20F3N3O3. The van der Waals surface area contributed by atoms with Crippen molar-refractivity contribution in [1.82, 2.24) is 10.7 Å². The largest absolute Gasteiger partial charge is 0.494 e. The van der Waals surface area contributed by atoms with Crippen LogP contribution in [0.15, 0.2) is 53.6 Å². The van der Waals surface area contributed by atoms with Crippen molar-refractivity contribution in [2.45, 2.75) is 19.5 Å². The third kappa shape index (κ3) is 6.95. The Balaban J connectivity index is 1.84. The van der Waals surface area contributed by atoms with Gasteiger partial charge in [0.05, 0.1) is 24.9 Å². The van der Waals surface area contributed by atoms with Gasteiger partial charge in [0.1, 0.15) is 5.75 Å². The Morgan fingerprint density at radius 2 is 1.79 bits per heavy atom. The number of nitrogens with one attached hydrogen (secondary N) is 2. The van der Waals surface area contributed by atoms with Gasteiger partial charge in [0.25, 0.3) is 11.8 Å². The SMILES string of the molecule is CCCOc1ccc(C(=O)NCC(=O)N/N=C/c2ccccc2C(F)(F)F)cc1. The lowest BCUT2D eigenvalue weighted by atomic mass is 10.1. The zero-order valence-corrected chi connectivity index (χ0v) is 15.6. The van der Waals surface area contributed by atoms with Gasteiger partial charge in [-0.15, -0.1) is 0 Å². The second-order valence-electron chi connectivity index (χ2n) is 5.93. The predicted octanol–water partition coefficient (Wildman–Crippen LogP) is 3.37. The summed E-state index contributed by atoms with van der Waals surface area (Å²) in [6.07, 6.45) is -2.77. The van der Waals surface area contributed by atoms with Crippen LogP contribution in [0.1, 0.15) is 34.8 Å². The van der Waals surface area contributed by atoms with Gasteiger partial charge in [0.15, 0.2) is 0 Å². The molecule has 0 aromatic heterocycles. The summed E-state index contributed by atoms with van der Waals surface area (Å²) in [6.45, 7) is 2.16. The Labute approximate surface area is 165 Å². The number of hydrazone groups is 1. The van der Waals surface area contributed by atoms with Gasteiger partial charge in [-0.25, -0.2) is 5.43 Å². The first-order valence-corrected chi connectivity index (χ1v) is 8.80. The Morgan fingerprint density at radius 1 is 1.10 bits per heavy atom. The molecule has 2 N–H and O–H groups in total. The van der Waals surface area contributed by atoms with Crippen LogP contribution >= 0.6 is 0 Å². The maximum atomic E-state index is 12.9. The zero-order valence-electron chi connectivity index (χ0n) is 15.6. The average Bonchev–Trinajstić information content (AvgIpc) is 2.70. The minimum Gasteiger partial charge on any atom is -0.494 e. The summed E-state index contributed by atoms with van der Waals surface area (Å²) in [7, 11) is 0. The Hall–Kier alpha value is -3.36. The van der Waals surface area contributed by atoms with Crippen LogP contribution in [-0.2, 0) is 11.0 Å². The summed E-state index contributed by atoms with van der Waals surface area (Å²) in [4.78, 5) is 23.8. The van der Waals surface area contributed by atoms with Gasteiger partial charge in [-0.05, 0) is 36.8 Å². The van der Waals surface area contributed by atoms with Gasteiger partial charge in [0, 0.05) is 11.1 Å². The van der Waals surface area contributed by atoms with Crippen molar-refractivity contribution in [3.05, 3.63) is 65.2 Å². The number of nitrogens with zero attached hydrogens (tertiary/aromatic N) is 1. The Bertz CT molecular complexity index is 865. The van der Waals surface area contributed by atoms with Gasteiger partial charge in [-0.1, -0.05) is 25.1 Å². The molecule has 9 heteroatoms. The van der Waals surface area contributed by atoms with Crippen molar-refractivity contribution < 1.29 is 27.5 Å². The minimum absolute atomic E-state index is 0.185. The molecule has 2 amide bonds. The smallest absolute Gasteiger partial charge is 0.417 e. The molecule has 0 aliphatic heterocycles. The average molecular weight is 407 g/mol. The Kier molecular flexibility index (Phi) is 7.76. The maximum Gasteiger partial charge on any atom is 0.417 e. The first-order valence-electron chi connectivity index (χ1n) is 8.80. The highest BCUT2D eigenvalue weighted by Crippen LogP contribution is 2.31. The molecule has 0 spiro atoms. The molecule has 0 atom stereocenters. The number of rotatable bonds is 8. The number of ether oxygens (including phenoxy) is 1. The molecule has 6 nitrogen and oxygen atoms in total. The number of benzene rings is 2. The lowest BCUT2D eigenvalue weighted by Gasteiger charge is -2.09. The van der Waals surface area contributed by atoms with Crippen molar-refractivity contribution in [1.29, 1.82) is 0 Å². The number of carbonyl (C=O) groups excluding carboxylic acids is 2. The van der Waals surface area contributed by atoms with Crippen molar-refractivity contribution >= 4 is 18.0 Å². The van der Waals surface area contributed by atoms with E-state index in [4.69, 9.17) is 4.74 Å². The quantitative estimate of drug-likeness (QED) is 0.520. The predicted molar refractivity (Wildman–Crippen MR) is 102 cm³/mol. The molecule has 2 rings (SSSR count). The van der Waals surface area contributed by atoms with E-state index in [1.54, 1.807) is 24.3 Å². The van der Waals surface area contributed by atoms with Gasteiger partial charge in [-0.2, -0.15) is 18.3 Å². The standard InChI is InChI=1S/C20H20F3N3O3/c1-2-11-29-16-9-7-14(8-10-16)19(28)24-13-18(27)26-25-12-15-5-3-4-6-17(15)20(21,22)23/h3-10,12H,2,11,13H2,1H3,(H,24,28)(H,26,27)/b25-12+. The summed E-state index contributed by atoms with van der Waals surface area (Å²) in [5.41, 5.74) is 1.37. The van der Waals surface area contributed by atoms with Crippen LogP contribution in [0.5, 0.6) is 5.75 Å². The van der Waals surface area contributed by atoms with Crippen LogP contribution < -0.4 is 15.5 Å². The molecule has 0 unspecified atom stereocenters. The number of hydrogen-bond donors (Lipinski definition) is 2. The van der Waals surface area contributed by atoms with Gasteiger partial charge >= 0.3 is 6.18 Å². The van der Waals surface area contributed by atoms with Crippen LogP contribution in [0.4, 0.5) is 13.2 Å². The molecule has 0 fully saturated rings. The van der Waals surface area contributed by atoms with Crippen LogP contribution in [0.3, 0.4) is 0 Å². The Morgan fingerprint density at radius 3 is 2.45 bits per heavy atom. The molecule has 0 bridgehead atoms. The molecule has 0 heterocycles. The lowest BCUT2D eigenvalue weighted by Crippen LogP contribution is -2.34. The van der Waals surface area contributed by atoms with Crippen LogP contribution in [0.2, 0.25) is 0 Å². The van der Waals surface area contributed by atoms with Crippen molar-refractivity contribution in [3.63, 3.8) is 0 Å². The highest BCUT2D eigenvalue weighted by Gasteiger charge is 2.32. The minimum atomic E-state index is -4.53. The third-order valence-corrected chi connectivity index (χ3v) is 3.66.